The van der Waals surface area contributed by atoms with Crippen molar-refractivity contribution in [1.29, 1.82) is 0 Å². The standard InChI is InChI=1S/C24H27N5O5S/c1-15(2)34-23(32)17-6-5-7-18(12-17)26-21(30)14-35-24-28-27-20(29(24)3)13-25-22(31)16-8-10-19(33-4)11-9-16/h5-12,15H,13-14H2,1-4H3,(H,25,31)(H,26,30). The van der Waals surface area contributed by atoms with Crippen molar-refractivity contribution in [3.8, 4) is 5.75 Å². The number of methoxy groups -OCH3 is 1. The number of nitrogens with zero attached hydrogens (tertiary/aromatic N) is 3. The number of amides is 2. The molecule has 2 N–H and O–H groups in total. The van der Waals surface area contributed by atoms with E-state index in [2.05, 4.69) is 20.8 Å². The molecule has 0 radical (unpaired) electrons. The zero-order valence-electron chi connectivity index (χ0n) is 19.9. The monoisotopic (exact) mass is 497 g/mol. The zero-order chi connectivity index (χ0) is 25.4. The second-order valence-corrected chi connectivity index (χ2v) is 8.68. The Bertz CT molecular complexity index is 1190. The Hall–Kier alpha value is -3.86. The van der Waals surface area contributed by atoms with Gasteiger partial charge in [-0.3, -0.25) is 9.59 Å². The van der Waals surface area contributed by atoms with Gasteiger partial charge in [0.15, 0.2) is 11.0 Å². The molecule has 0 aliphatic carbocycles. The van der Waals surface area contributed by atoms with Crippen LogP contribution in [0.2, 0.25) is 0 Å². The summed E-state index contributed by atoms with van der Waals surface area (Å²) in [5.41, 5.74) is 1.35. The Morgan fingerprint density at radius 3 is 2.49 bits per heavy atom. The number of rotatable bonds is 10. The van der Waals surface area contributed by atoms with E-state index in [1.807, 2.05) is 0 Å². The van der Waals surface area contributed by atoms with Gasteiger partial charge in [0.25, 0.3) is 5.91 Å². The van der Waals surface area contributed by atoms with Crippen LogP contribution in [-0.4, -0.2) is 51.5 Å². The maximum Gasteiger partial charge on any atom is 0.338 e. The fourth-order valence-corrected chi connectivity index (χ4v) is 3.69. The van der Waals surface area contributed by atoms with Crippen LogP contribution < -0.4 is 15.4 Å². The minimum absolute atomic E-state index is 0.0881. The average Bonchev–Trinajstić information content (AvgIpc) is 3.20. The van der Waals surface area contributed by atoms with Gasteiger partial charge in [-0.25, -0.2) is 4.79 Å². The molecule has 0 fully saturated rings. The third kappa shape index (κ3) is 7.31. The van der Waals surface area contributed by atoms with Crippen molar-refractivity contribution in [3.63, 3.8) is 0 Å². The molecule has 0 spiro atoms. The van der Waals surface area contributed by atoms with Gasteiger partial charge >= 0.3 is 5.97 Å². The molecule has 2 aromatic carbocycles. The third-order valence-electron chi connectivity index (χ3n) is 4.74. The lowest BCUT2D eigenvalue weighted by atomic mass is 10.2. The number of aromatic nitrogens is 3. The smallest absolute Gasteiger partial charge is 0.338 e. The molecule has 35 heavy (non-hydrogen) atoms. The summed E-state index contributed by atoms with van der Waals surface area (Å²) in [6.07, 6.45) is -0.232. The average molecular weight is 498 g/mol. The van der Waals surface area contributed by atoms with Crippen LogP contribution in [-0.2, 0) is 23.1 Å². The van der Waals surface area contributed by atoms with E-state index in [-0.39, 0.29) is 30.2 Å². The highest BCUT2D eigenvalue weighted by atomic mass is 32.2. The molecule has 2 amide bonds. The Labute approximate surface area is 207 Å². The maximum atomic E-state index is 12.4. The summed E-state index contributed by atoms with van der Waals surface area (Å²) in [5.74, 6) is 0.347. The molecule has 0 saturated carbocycles. The minimum atomic E-state index is -0.448. The van der Waals surface area contributed by atoms with Crippen LogP contribution in [0.3, 0.4) is 0 Å². The summed E-state index contributed by atoms with van der Waals surface area (Å²) < 4.78 is 12.0. The van der Waals surface area contributed by atoms with Crippen LogP contribution in [0.25, 0.3) is 0 Å². The van der Waals surface area contributed by atoms with E-state index in [4.69, 9.17) is 9.47 Å². The Kier molecular flexibility index (Phi) is 8.85. The van der Waals surface area contributed by atoms with Crippen molar-refractivity contribution >= 4 is 35.2 Å². The molecule has 11 heteroatoms. The van der Waals surface area contributed by atoms with Crippen molar-refractivity contribution in [1.82, 2.24) is 20.1 Å². The van der Waals surface area contributed by atoms with Crippen LogP contribution in [0.15, 0.2) is 53.7 Å². The van der Waals surface area contributed by atoms with Gasteiger partial charge in [-0.15, -0.1) is 10.2 Å². The highest BCUT2D eigenvalue weighted by molar-refractivity contribution is 7.99. The SMILES string of the molecule is COc1ccc(C(=O)NCc2nnc(SCC(=O)Nc3cccc(C(=O)OC(C)C)c3)n2C)cc1. The summed E-state index contributed by atoms with van der Waals surface area (Å²) in [6.45, 7) is 3.72. The van der Waals surface area contributed by atoms with Crippen LogP contribution >= 0.6 is 11.8 Å². The van der Waals surface area contributed by atoms with Gasteiger partial charge in [0.1, 0.15) is 5.75 Å². The first-order valence-corrected chi connectivity index (χ1v) is 11.8. The summed E-state index contributed by atoms with van der Waals surface area (Å²) in [5, 5.41) is 14.3. The zero-order valence-corrected chi connectivity index (χ0v) is 20.7. The number of anilines is 1. The van der Waals surface area contributed by atoms with Crippen LogP contribution in [0.4, 0.5) is 5.69 Å². The van der Waals surface area contributed by atoms with Crippen molar-refractivity contribution in [3.05, 3.63) is 65.5 Å². The molecule has 0 unspecified atom stereocenters. The minimum Gasteiger partial charge on any atom is -0.497 e. The predicted molar refractivity (Wildman–Crippen MR) is 132 cm³/mol. The molecule has 10 nitrogen and oxygen atoms in total. The number of esters is 1. The van der Waals surface area contributed by atoms with E-state index in [1.54, 1.807) is 81.1 Å². The molecule has 0 atom stereocenters. The number of carbonyl (C=O) groups excluding carboxylic acids is 3. The molecular formula is C24H27N5O5S. The van der Waals surface area contributed by atoms with Gasteiger partial charge in [0.2, 0.25) is 5.91 Å². The number of ether oxygens (including phenoxy) is 2. The molecule has 0 aliphatic heterocycles. The second-order valence-electron chi connectivity index (χ2n) is 7.74. The molecule has 1 aromatic heterocycles. The molecule has 0 aliphatic rings. The first kappa shape index (κ1) is 25.8. The molecule has 0 saturated heterocycles. The Balaban J connectivity index is 1.51. The van der Waals surface area contributed by atoms with Crippen LogP contribution in [0.1, 0.15) is 40.4 Å². The number of carbonyl (C=O) groups is 3. The highest BCUT2D eigenvalue weighted by Crippen LogP contribution is 2.18. The highest BCUT2D eigenvalue weighted by Gasteiger charge is 2.14. The second kappa shape index (κ2) is 12.0. The maximum absolute atomic E-state index is 12.4. The number of thioether (sulfide) groups is 1. The van der Waals surface area contributed by atoms with Gasteiger partial charge in [-0.1, -0.05) is 17.8 Å². The van der Waals surface area contributed by atoms with Gasteiger partial charge in [0, 0.05) is 18.3 Å². The molecule has 184 valence electrons. The van der Waals surface area contributed by atoms with Crippen LogP contribution in [0, 0.1) is 0 Å². The lowest BCUT2D eigenvalue weighted by Gasteiger charge is -2.10. The molecular weight excluding hydrogens is 470 g/mol. The van der Waals surface area contributed by atoms with E-state index in [9.17, 15) is 14.4 Å². The van der Waals surface area contributed by atoms with Gasteiger partial charge in [-0.2, -0.15) is 0 Å². The summed E-state index contributed by atoms with van der Waals surface area (Å²) in [6, 6.07) is 13.3. The van der Waals surface area contributed by atoms with Crippen molar-refractivity contribution in [2.24, 2.45) is 7.05 Å². The quantitative estimate of drug-likeness (QED) is 0.324. The van der Waals surface area contributed by atoms with Crippen molar-refractivity contribution in [2.75, 3.05) is 18.2 Å². The number of hydrogen-bond donors (Lipinski definition) is 2. The van der Waals surface area contributed by atoms with E-state index in [0.717, 1.165) is 0 Å². The number of hydrogen-bond acceptors (Lipinski definition) is 8. The van der Waals surface area contributed by atoms with E-state index in [0.29, 0.717) is 33.5 Å². The van der Waals surface area contributed by atoms with Crippen LogP contribution in [0.5, 0.6) is 5.75 Å². The first-order chi connectivity index (χ1) is 16.8. The molecule has 3 aromatic rings. The topological polar surface area (TPSA) is 124 Å². The lowest BCUT2D eigenvalue weighted by Crippen LogP contribution is -2.24. The normalized spacial score (nSPS) is 10.7. The van der Waals surface area contributed by atoms with Crippen molar-refractivity contribution < 1.29 is 23.9 Å². The van der Waals surface area contributed by atoms with Gasteiger partial charge in [0.05, 0.1) is 31.1 Å². The summed E-state index contributed by atoms with van der Waals surface area (Å²) in [4.78, 5) is 36.8. The van der Waals surface area contributed by atoms with E-state index < -0.39 is 5.97 Å². The molecule has 0 bridgehead atoms. The lowest BCUT2D eigenvalue weighted by molar-refractivity contribution is -0.113. The summed E-state index contributed by atoms with van der Waals surface area (Å²) in [7, 11) is 3.32. The van der Waals surface area contributed by atoms with E-state index >= 15 is 0 Å². The molecule has 3 rings (SSSR count). The first-order valence-electron chi connectivity index (χ1n) is 10.8. The third-order valence-corrected chi connectivity index (χ3v) is 5.76. The number of benzene rings is 2. The fourth-order valence-electron chi connectivity index (χ4n) is 2.96. The Morgan fingerprint density at radius 2 is 1.80 bits per heavy atom. The fraction of sp³-hybridized carbons (Fsp3) is 0.292. The van der Waals surface area contributed by atoms with Crippen molar-refractivity contribution in [2.45, 2.75) is 31.7 Å². The largest absolute Gasteiger partial charge is 0.497 e. The predicted octanol–water partition coefficient (Wildman–Crippen LogP) is 3.05. The molecule has 1 heterocycles. The van der Waals surface area contributed by atoms with E-state index in [1.165, 1.54) is 11.8 Å². The number of nitrogens with one attached hydrogen (secondary N) is 2. The van der Waals surface area contributed by atoms with Gasteiger partial charge in [-0.05, 0) is 56.3 Å². The van der Waals surface area contributed by atoms with Gasteiger partial charge < -0.3 is 24.7 Å². The summed E-state index contributed by atoms with van der Waals surface area (Å²) >= 11 is 1.21. The Morgan fingerprint density at radius 1 is 1.06 bits per heavy atom.